The molecule has 216 valence electrons. The Morgan fingerprint density at radius 2 is 1.69 bits per heavy atom. The molecule has 1 N–H and O–H groups in total. The summed E-state index contributed by atoms with van der Waals surface area (Å²) in [5, 5.41) is 15.6. The average Bonchev–Trinajstić information content (AvgIpc) is 3.66. The van der Waals surface area contributed by atoms with Gasteiger partial charge in [0.1, 0.15) is 11.9 Å². The first-order valence-corrected chi connectivity index (χ1v) is 13.7. The molecule has 1 saturated carbocycles. The summed E-state index contributed by atoms with van der Waals surface area (Å²) in [6.07, 6.45) is -0.538. The van der Waals surface area contributed by atoms with Gasteiger partial charge in [-0.25, -0.2) is 9.67 Å². The van der Waals surface area contributed by atoms with E-state index in [1.54, 1.807) is 30.3 Å². The Kier molecular flexibility index (Phi) is 8.52. The molecule has 1 fully saturated rings. The molecule has 8 nitrogen and oxygen atoms in total. The number of oxazole rings is 1. The van der Waals surface area contributed by atoms with E-state index < -0.39 is 23.3 Å². The van der Waals surface area contributed by atoms with E-state index in [0.717, 1.165) is 16.4 Å². The molecule has 0 bridgehead atoms. The highest BCUT2D eigenvalue weighted by Crippen LogP contribution is 2.38. The number of nitrogens with zero attached hydrogens (tertiary/aromatic N) is 4. The Morgan fingerprint density at radius 1 is 1.02 bits per heavy atom. The van der Waals surface area contributed by atoms with Gasteiger partial charge in [0.15, 0.2) is 23.0 Å². The summed E-state index contributed by atoms with van der Waals surface area (Å²) in [7, 11) is 0. The van der Waals surface area contributed by atoms with Gasteiger partial charge < -0.3 is 9.73 Å². The number of para-hydroxylation sites is 1. The third kappa shape index (κ3) is 6.43. The van der Waals surface area contributed by atoms with Gasteiger partial charge in [0.25, 0.3) is 5.91 Å². The van der Waals surface area contributed by atoms with Crippen LogP contribution in [0.25, 0.3) is 17.0 Å². The number of hydrogen-bond acceptors (Lipinski definition) is 6. The lowest BCUT2D eigenvalue weighted by Gasteiger charge is -2.25. The first-order valence-electron chi connectivity index (χ1n) is 13.7. The zero-order valence-corrected chi connectivity index (χ0v) is 22.6. The molecular formula is C31H28F3N5O3. The monoisotopic (exact) mass is 575 g/mol. The lowest BCUT2D eigenvalue weighted by molar-refractivity contribution is -0.141. The molecule has 1 amide bonds. The van der Waals surface area contributed by atoms with Crippen LogP contribution in [0.5, 0.6) is 0 Å². The van der Waals surface area contributed by atoms with Crippen LogP contribution in [-0.4, -0.2) is 33.0 Å². The SMILES string of the molecule is N#Cc1nc(C2CCC(C(=O)CCCNC(=O)c3cn(-c4ccccc4)nc3C(F)(F)F)CC2)oc1-c1ccccc1. The summed E-state index contributed by atoms with van der Waals surface area (Å²) in [5.74, 6) is -0.00829. The van der Waals surface area contributed by atoms with E-state index in [1.807, 2.05) is 30.3 Å². The fourth-order valence-corrected chi connectivity index (χ4v) is 5.26. The van der Waals surface area contributed by atoms with Crippen LogP contribution in [0.3, 0.4) is 0 Å². The van der Waals surface area contributed by atoms with Crippen LogP contribution in [-0.2, 0) is 11.0 Å². The van der Waals surface area contributed by atoms with Crippen LogP contribution in [0, 0.1) is 17.2 Å². The van der Waals surface area contributed by atoms with Crippen molar-refractivity contribution in [3.63, 3.8) is 0 Å². The predicted molar refractivity (Wildman–Crippen MR) is 146 cm³/mol. The summed E-state index contributed by atoms with van der Waals surface area (Å²) >= 11 is 0. The molecule has 0 aliphatic heterocycles. The minimum atomic E-state index is -4.80. The van der Waals surface area contributed by atoms with Crippen molar-refractivity contribution in [2.75, 3.05) is 6.54 Å². The molecule has 5 rings (SSSR count). The smallest absolute Gasteiger partial charge is 0.435 e. The minimum Gasteiger partial charge on any atom is -0.439 e. The van der Waals surface area contributed by atoms with Crippen LogP contribution in [0.4, 0.5) is 13.2 Å². The fourth-order valence-electron chi connectivity index (χ4n) is 5.26. The molecule has 1 aliphatic carbocycles. The highest BCUT2D eigenvalue weighted by atomic mass is 19.4. The number of aromatic nitrogens is 3. The second kappa shape index (κ2) is 12.4. The Morgan fingerprint density at radius 3 is 2.33 bits per heavy atom. The van der Waals surface area contributed by atoms with Gasteiger partial charge in [0.2, 0.25) is 0 Å². The van der Waals surface area contributed by atoms with Crippen LogP contribution < -0.4 is 5.32 Å². The van der Waals surface area contributed by atoms with E-state index in [-0.39, 0.29) is 36.3 Å². The summed E-state index contributed by atoms with van der Waals surface area (Å²) in [4.78, 5) is 29.9. The van der Waals surface area contributed by atoms with Crippen molar-refractivity contribution in [2.45, 2.75) is 50.6 Å². The van der Waals surface area contributed by atoms with E-state index in [4.69, 9.17) is 4.42 Å². The third-order valence-corrected chi connectivity index (χ3v) is 7.45. The van der Waals surface area contributed by atoms with Gasteiger partial charge in [-0.3, -0.25) is 9.59 Å². The molecule has 0 atom stereocenters. The van der Waals surface area contributed by atoms with Gasteiger partial charge in [-0.05, 0) is 44.2 Å². The number of hydrogen-bond donors (Lipinski definition) is 1. The quantitative estimate of drug-likeness (QED) is 0.229. The van der Waals surface area contributed by atoms with Crippen molar-refractivity contribution >= 4 is 11.7 Å². The second-order valence-corrected chi connectivity index (χ2v) is 10.3. The Hall–Kier alpha value is -4.72. The van der Waals surface area contributed by atoms with Gasteiger partial charge in [0, 0.05) is 36.6 Å². The van der Waals surface area contributed by atoms with E-state index in [0.29, 0.717) is 49.4 Å². The maximum absolute atomic E-state index is 13.6. The topological polar surface area (TPSA) is 114 Å². The van der Waals surface area contributed by atoms with Crippen molar-refractivity contribution < 1.29 is 27.2 Å². The van der Waals surface area contributed by atoms with Gasteiger partial charge in [-0.2, -0.15) is 23.5 Å². The third-order valence-electron chi connectivity index (χ3n) is 7.45. The summed E-state index contributed by atoms with van der Waals surface area (Å²) in [6.45, 7) is 0.0588. The van der Waals surface area contributed by atoms with E-state index >= 15 is 0 Å². The predicted octanol–water partition coefficient (Wildman–Crippen LogP) is 6.47. The molecular weight excluding hydrogens is 547 g/mol. The molecule has 2 aromatic heterocycles. The number of halogens is 3. The molecule has 11 heteroatoms. The largest absolute Gasteiger partial charge is 0.439 e. The highest BCUT2D eigenvalue weighted by molar-refractivity contribution is 5.95. The lowest BCUT2D eigenvalue weighted by atomic mass is 9.79. The number of nitrogens with one attached hydrogen (secondary N) is 1. The van der Waals surface area contributed by atoms with Crippen LogP contribution in [0.1, 0.15) is 72.1 Å². The van der Waals surface area contributed by atoms with Crippen molar-refractivity contribution in [2.24, 2.45) is 5.92 Å². The number of Topliss-reactive ketones (excluding diaryl/α,β-unsaturated/α-hetero) is 1. The van der Waals surface area contributed by atoms with Crippen LogP contribution in [0.15, 0.2) is 71.3 Å². The molecule has 2 aromatic carbocycles. The molecule has 0 unspecified atom stereocenters. The molecule has 1 aliphatic rings. The number of alkyl halides is 3. The van der Waals surface area contributed by atoms with Crippen LogP contribution in [0.2, 0.25) is 0 Å². The average molecular weight is 576 g/mol. The zero-order chi connectivity index (χ0) is 29.7. The maximum atomic E-state index is 13.6. The standard InChI is InChI=1S/C31H28F3N5O3/c32-31(33,34)28-24(19-39(38-28)23-10-5-2-6-11-23)29(41)36-17-7-12-26(40)20-13-15-22(16-14-20)30-37-25(18-35)27(42-30)21-8-3-1-4-9-21/h1-6,8-11,19-20,22H,7,12-17H2,(H,36,41). The second-order valence-electron chi connectivity index (χ2n) is 10.3. The van der Waals surface area contributed by atoms with Crippen molar-refractivity contribution in [1.82, 2.24) is 20.1 Å². The molecule has 42 heavy (non-hydrogen) atoms. The fraction of sp³-hybridized carbons (Fsp3) is 0.323. The number of carbonyl (C=O) groups excluding carboxylic acids is 2. The zero-order valence-electron chi connectivity index (χ0n) is 22.6. The molecule has 0 spiro atoms. The van der Waals surface area contributed by atoms with Crippen LogP contribution >= 0.6 is 0 Å². The van der Waals surface area contributed by atoms with Gasteiger partial charge in [-0.1, -0.05) is 48.5 Å². The maximum Gasteiger partial charge on any atom is 0.435 e. The molecule has 0 saturated heterocycles. The van der Waals surface area contributed by atoms with E-state index in [1.165, 1.54) is 0 Å². The number of nitriles is 1. The number of rotatable bonds is 9. The lowest BCUT2D eigenvalue weighted by Crippen LogP contribution is -2.27. The van der Waals surface area contributed by atoms with E-state index in [9.17, 15) is 28.0 Å². The first-order chi connectivity index (χ1) is 20.2. The highest BCUT2D eigenvalue weighted by Gasteiger charge is 2.39. The summed E-state index contributed by atoms with van der Waals surface area (Å²) in [6, 6.07) is 19.6. The van der Waals surface area contributed by atoms with Gasteiger partial charge in [-0.15, -0.1) is 0 Å². The van der Waals surface area contributed by atoms with E-state index in [2.05, 4.69) is 21.5 Å². The minimum absolute atomic E-state index is 0.0116. The van der Waals surface area contributed by atoms with Gasteiger partial charge >= 0.3 is 6.18 Å². The molecule has 0 radical (unpaired) electrons. The normalized spacial score (nSPS) is 17.0. The molecule has 4 aromatic rings. The van der Waals surface area contributed by atoms with Crippen molar-refractivity contribution in [3.8, 4) is 23.1 Å². The number of carbonyl (C=O) groups is 2. The number of benzene rings is 2. The Bertz CT molecular complexity index is 1580. The Labute approximate surface area is 240 Å². The summed E-state index contributed by atoms with van der Waals surface area (Å²) < 4.78 is 47.7. The number of amides is 1. The molecule has 2 heterocycles. The first kappa shape index (κ1) is 28.8. The van der Waals surface area contributed by atoms with Crippen molar-refractivity contribution in [3.05, 3.63) is 89.7 Å². The summed E-state index contributed by atoms with van der Waals surface area (Å²) in [5.41, 5.74) is -0.417. The Balaban J connectivity index is 1.11. The van der Waals surface area contributed by atoms with Crippen molar-refractivity contribution in [1.29, 1.82) is 5.26 Å². The van der Waals surface area contributed by atoms with Gasteiger partial charge in [0.05, 0.1) is 11.3 Å². The number of ketones is 1.